The van der Waals surface area contributed by atoms with Gasteiger partial charge in [-0.25, -0.2) is 0 Å². The molecule has 1 nitrogen and oxygen atoms in total. The second-order valence-corrected chi connectivity index (χ2v) is 8.57. The van der Waals surface area contributed by atoms with Crippen molar-refractivity contribution in [2.24, 2.45) is 5.92 Å². The van der Waals surface area contributed by atoms with Crippen LogP contribution in [0.25, 0.3) is 0 Å². The molecule has 3 heteroatoms. The second kappa shape index (κ2) is 13.2. The summed E-state index contributed by atoms with van der Waals surface area (Å²) in [6.07, 6.45) is 18.9. The van der Waals surface area contributed by atoms with Gasteiger partial charge in [0.2, 0.25) is 0 Å². The first-order valence-corrected chi connectivity index (χ1v) is 12.2. The summed E-state index contributed by atoms with van der Waals surface area (Å²) in [5.41, 5.74) is 5.60. The third-order valence-corrected chi connectivity index (χ3v) is 6.72. The van der Waals surface area contributed by atoms with E-state index in [0.717, 1.165) is 32.1 Å². The molecule has 0 radical (unpaired) electrons. The van der Waals surface area contributed by atoms with Gasteiger partial charge in [0, 0.05) is 12.5 Å². The average molecular weight is 447 g/mol. The molecule has 0 heterocycles. The van der Waals surface area contributed by atoms with Crippen molar-refractivity contribution in [3.63, 3.8) is 0 Å². The molecule has 164 valence electrons. The van der Waals surface area contributed by atoms with Crippen LogP contribution in [0.1, 0.15) is 77.2 Å². The van der Waals surface area contributed by atoms with Crippen molar-refractivity contribution in [2.75, 3.05) is 6.61 Å². The maximum atomic E-state index is 8.90. The van der Waals surface area contributed by atoms with E-state index in [2.05, 4.69) is 43.4 Å². The molecule has 1 aromatic rings. The Morgan fingerprint density at radius 3 is 2.57 bits per heavy atom. The molecule has 0 unspecified atom stereocenters. The minimum atomic E-state index is 0.279. The standard InChI is InChI=1S/C25H30Cl2O.C2H6/c1-2-19-10-14-22(20-11-15-24(26)25(27)17-20)23-13-9-18(8-12-21(19)23)7-5-3-4-6-16-28;1-2/h5,7-9,11,13,15,17,19,22,28H,2-4,6,10,12,14,16H2,1H3;1-2H3/b7-5+;/t19-,22-;/m0./s1. The Balaban J connectivity index is 0.00000155. The predicted octanol–water partition coefficient (Wildman–Crippen LogP) is 8.82. The van der Waals surface area contributed by atoms with Crippen molar-refractivity contribution < 1.29 is 5.11 Å². The van der Waals surface area contributed by atoms with Gasteiger partial charge in [-0.05, 0) is 79.7 Å². The lowest BCUT2D eigenvalue weighted by Crippen LogP contribution is -2.17. The van der Waals surface area contributed by atoms with E-state index >= 15 is 0 Å². The molecule has 0 bridgehead atoms. The number of allylic oxidation sites excluding steroid dienone is 8. The molecule has 0 aliphatic heterocycles. The van der Waals surface area contributed by atoms with E-state index in [1.54, 1.807) is 5.57 Å². The smallest absolute Gasteiger partial charge is 0.0595 e. The quantitative estimate of drug-likeness (QED) is 0.414. The van der Waals surface area contributed by atoms with Crippen molar-refractivity contribution in [3.8, 4) is 0 Å². The van der Waals surface area contributed by atoms with Crippen molar-refractivity contribution in [1.82, 2.24) is 0 Å². The van der Waals surface area contributed by atoms with Gasteiger partial charge in [-0.15, -0.1) is 0 Å². The molecule has 2 aliphatic carbocycles. The molecular formula is C27H36Cl2O. The fourth-order valence-corrected chi connectivity index (χ4v) is 4.70. The van der Waals surface area contributed by atoms with Crippen molar-refractivity contribution in [1.29, 1.82) is 0 Å². The number of aliphatic hydroxyl groups excluding tert-OH is 1. The third kappa shape index (κ3) is 6.61. The first-order chi connectivity index (χ1) is 14.6. The Kier molecular flexibility index (Phi) is 11.0. The van der Waals surface area contributed by atoms with Gasteiger partial charge in [0.05, 0.1) is 10.0 Å². The van der Waals surface area contributed by atoms with Crippen LogP contribution in [0.3, 0.4) is 0 Å². The van der Waals surface area contributed by atoms with E-state index < -0.39 is 0 Å². The fourth-order valence-electron chi connectivity index (χ4n) is 4.39. The number of aliphatic hydroxyl groups is 1. The third-order valence-electron chi connectivity index (χ3n) is 5.98. The SMILES string of the molecule is CC.CC[C@H]1CC[C@@H](c2ccc(Cl)c(Cl)c2)C2=C1CC=C(/C=C/CCCCO)C=C2. The van der Waals surface area contributed by atoms with Crippen LogP contribution in [-0.2, 0) is 0 Å². The lowest BCUT2D eigenvalue weighted by atomic mass is 9.72. The van der Waals surface area contributed by atoms with Gasteiger partial charge in [-0.3, -0.25) is 0 Å². The summed E-state index contributed by atoms with van der Waals surface area (Å²) < 4.78 is 0. The Labute approximate surface area is 193 Å². The van der Waals surface area contributed by atoms with E-state index in [1.165, 1.54) is 29.6 Å². The van der Waals surface area contributed by atoms with Crippen LogP contribution in [0.5, 0.6) is 0 Å². The number of hydrogen-bond acceptors (Lipinski definition) is 1. The number of halogens is 2. The van der Waals surface area contributed by atoms with Gasteiger partial charge in [0.1, 0.15) is 0 Å². The fraction of sp³-hybridized carbons (Fsp3) is 0.481. The van der Waals surface area contributed by atoms with E-state index in [1.807, 2.05) is 26.0 Å². The first-order valence-electron chi connectivity index (χ1n) is 11.5. The second-order valence-electron chi connectivity index (χ2n) is 7.75. The number of benzene rings is 1. The minimum Gasteiger partial charge on any atom is -0.396 e. The van der Waals surface area contributed by atoms with E-state index in [9.17, 15) is 0 Å². The Morgan fingerprint density at radius 1 is 1.07 bits per heavy atom. The highest BCUT2D eigenvalue weighted by Gasteiger charge is 2.29. The lowest BCUT2D eigenvalue weighted by molar-refractivity contribution is 0.285. The molecule has 0 aromatic heterocycles. The highest BCUT2D eigenvalue weighted by Crippen LogP contribution is 2.45. The van der Waals surface area contributed by atoms with Crippen LogP contribution in [0, 0.1) is 5.92 Å². The van der Waals surface area contributed by atoms with E-state index in [-0.39, 0.29) is 6.61 Å². The normalized spacial score (nSPS) is 21.1. The monoisotopic (exact) mass is 446 g/mol. The van der Waals surface area contributed by atoms with Gasteiger partial charge < -0.3 is 5.11 Å². The highest BCUT2D eigenvalue weighted by molar-refractivity contribution is 6.42. The maximum Gasteiger partial charge on any atom is 0.0595 e. The van der Waals surface area contributed by atoms with E-state index in [0.29, 0.717) is 21.9 Å². The Bertz CT molecular complexity index is 801. The van der Waals surface area contributed by atoms with Gasteiger partial charge in [-0.2, -0.15) is 0 Å². The minimum absolute atomic E-state index is 0.279. The zero-order valence-corrected chi connectivity index (χ0v) is 20.1. The molecule has 0 saturated carbocycles. The van der Waals surface area contributed by atoms with Gasteiger partial charge in [0.15, 0.2) is 0 Å². The lowest BCUT2D eigenvalue weighted by Gasteiger charge is -2.33. The van der Waals surface area contributed by atoms with Crippen LogP contribution in [0.2, 0.25) is 10.0 Å². The summed E-state index contributed by atoms with van der Waals surface area (Å²) in [7, 11) is 0. The molecule has 2 aliphatic rings. The molecule has 2 atom stereocenters. The molecule has 0 amide bonds. The molecule has 0 saturated heterocycles. The summed E-state index contributed by atoms with van der Waals surface area (Å²) >= 11 is 12.5. The Morgan fingerprint density at radius 2 is 1.87 bits per heavy atom. The molecule has 0 fully saturated rings. The Hall–Kier alpha value is -1.28. The molecule has 1 N–H and O–H groups in total. The van der Waals surface area contributed by atoms with Gasteiger partial charge >= 0.3 is 0 Å². The summed E-state index contributed by atoms with van der Waals surface area (Å²) in [4.78, 5) is 0. The number of unbranched alkanes of at least 4 members (excludes halogenated alkanes) is 2. The van der Waals surface area contributed by atoms with Crippen LogP contribution in [0.4, 0.5) is 0 Å². The van der Waals surface area contributed by atoms with Gasteiger partial charge in [0.25, 0.3) is 0 Å². The number of hydrogen-bond donors (Lipinski definition) is 1. The van der Waals surface area contributed by atoms with Crippen LogP contribution in [-0.4, -0.2) is 11.7 Å². The van der Waals surface area contributed by atoms with Gasteiger partial charge in [-0.1, -0.05) is 86.0 Å². The topological polar surface area (TPSA) is 20.2 Å². The summed E-state index contributed by atoms with van der Waals surface area (Å²) in [5.74, 6) is 1.06. The highest BCUT2D eigenvalue weighted by atomic mass is 35.5. The zero-order valence-electron chi connectivity index (χ0n) is 18.6. The molecule has 0 spiro atoms. The predicted molar refractivity (Wildman–Crippen MR) is 133 cm³/mol. The largest absolute Gasteiger partial charge is 0.396 e. The van der Waals surface area contributed by atoms with Crippen LogP contribution < -0.4 is 0 Å². The molecule has 1 aromatic carbocycles. The maximum absolute atomic E-state index is 8.90. The average Bonchev–Trinajstić information content (AvgIpc) is 2.99. The molecule has 3 rings (SSSR count). The van der Waals surface area contributed by atoms with Crippen molar-refractivity contribution in [3.05, 3.63) is 80.9 Å². The summed E-state index contributed by atoms with van der Waals surface area (Å²) in [6, 6.07) is 6.09. The first kappa shape index (κ1) is 25.0. The van der Waals surface area contributed by atoms with Crippen LogP contribution in [0.15, 0.2) is 65.3 Å². The molecular weight excluding hydrogens is 411 g/mol. The summed E-state index contributed by atoms with van der Waals surface area (Å²) in [5, 5.41) is 10.2. The molecule has 30 heavy (non-hydrogen) atoms. The zero-order chi connectivity index (χ0) is 21.9. The van der Waals surface area contributed by atoms with E-state index in [4.69, 9.17) is 28.3 Å². The van der Waals surface area contributed by atoms with Crippen LogP contribution >= 0.6 is 23.2 Å². The van der Waals surface area contributed by atoms with Crippen molar-refractivity contribution in [2.45, 2.75) is 71.6 Å². The van der Waals surface area contributed by atoms with Crippen molar-refractivity contribution >= 4 is 23.2 Å². The number of rotatable bonds is 7. The summed E-state index contributed by atoms with van der Waals surface area (Å²) in [6.45, 7) is 6.58.